The van der Waals surface area contributed by atoms with E-state index in [1.807, 2.05) is 26.0 Å². The average molecular weight is 447 g/mol. The standard InChI is InChI=1S/C26H25NO6/c1-14-6-10-19(15(2)12-14)27-23(20-11-7-16(3)33-20)22(25(29)26(27)30)24(28)18-9-8-17(31-4)13-21(18)32-5/h6-13,23,28H,1-5H3/b24-22-. The Kier molecular flexibility index (Phi) is 5.72. The lowest BCUT2D eigenvalue weighted by Crippen LogP contribution is -2.30. The summed E-state index contributed by atoms with van der Waals surface area (Å²) < 4.78 is 16.5. The van der Waals surface area contributed by atoms with E-state index in [0.29, 0.717) is 28.7 Å². The number of aryl methyl sites for hydroxylation is 3. The molecule has 1 aliphatic rings. The fourth-order valence-corrected chi connectivity index (χ4v) is 4.17. The lowest BCUT2D eigenvalue weighted by molar-refractivity contribution is -0.132. The van der Waals surface area contributed by atoms with Crippen LogP contribution < -0.4 is 14.4 Å². The molecule has 0 aliphatic carbocycles. The van der Waals surface area contributed by atoms with Crippen molar-refractivity contribution in [2.24, 2.45) is 0 Å². The van der Waals surface area contributed by atoms with Crippen molar-refractivity contribution in [1.82, 2.24) is 0 Å². The number of ether oxygens (including phenoxy) is 2. The topological polar surface area (TPSA) is 89.2 Å². The van der Waals surface area contributed by atoms with Gasteiger partial charge in [-0.3, -0.25) is 14.5 Å². The van der Waals surface area contributed by atoms with Crippen molar-refractivity contribution in [3.05, 3.63) is 82.3 Å². The van der Waals surface area contributed by atoms with Gasteiger partial charge in [0.25, 0.3) is 11.7 Å². The summed E-state index contributed by atoms with van der Waals surface area (Å²) in [6, 6.07) is 13.0. The van der Waals surface area contributed by atoms with Crippen LogP contribution in [0.1, 0.15) is 34.3 Å². The molecule has 1 aromatic heterocycles. The van der Waals surface area contributed by atoms with Gasteiger partial charge in [0.05, 0.1) is 25.4 Å². The van der Waals surface area contributed by atoms with Crippen LogP contribution in [-0.2, 0) is 9.59 Å². The fraction of sp³-hybridized carbons (Fsp3) is 0.231. The Morgan fingerprint density at radius 3 is 2.33 bits per heavy atom. The number of rotatable bonds is 5. The maximum Gasteiger partial charge on any atom is 0.300 e. The smallest absolute Gasteiger partial charge is 0.300 e. The van der Waals surface area contributed by atoms with E-state index in [-0.39, 0.29) is 16.9 Å². The molecule has 0 bridgehead atoms. The summed E-state index contributed by atoms with van der Waals surface area (Å²) in [4.78, 5) is 27.9. The van der Waals surface area contributed by atoms with Gasteiger partial charge in [-0.2, -0.15) is 0 Å². The second-order valence-corrected chi connectivity index (χ2v) is 7.97. The summed E-state index contributed by atoms with van der Waals surface area (Å²) in [5.41, 5.74) is 2.62. The third-order valence-electron chi connectivity index (χ3n) is 5.75. The Morgan fingerprint density at radius 1 is 0.970 bits per heavy atom. The van der Waals surface area contributed by atoms with E-state index in [4.69, 9.17) is 13.9 Å². The van der Waals surface area contributed by atoms with Crippen LogP contribution in [0.25, 0.3) is 5.76 Å². The third-order valence-corrected chi connectivity index (χ3v) is 5.75. The molecule has 1 unspecified atom stereocenters. The number of anilines is 1. The van der Waals surface area contributed by atoms with Crippen molar-refractivity contribution < 1.29 is 28.6 Å². The van der Waals surface area contributed by atoms with Crippen molar-refractivity contribution in [2.75, 3.05) is 19.1 Å². The number of methoxy groups -OCH3 is 2. The van der Waals surface area contributed by atoms with Gasteiger partial charge in [-0.05, 0) is 56.7 Å². The molecular weight excluding hydrogens is 422 g/mol. The summed E-state index contributed by atoms with van der Waals surface area (Å²) >= 11 is 0. The number of amides is 1. The zero-order valence-corrected chi connectivity index (χ0v) is 19.1. The van der Waals surface area contributed by atoms with Gasteiger partial charge in [0.2, 0.25) is 0 Å². The van der Waals surface area contributed by atoms with Crippen LogP contribution in [0.2, 0.25) is 0 Å². The summed E-state index contributed by atoms with van der Waals surface area (Å²) in [5.74, 6) is -0.0613. The second-order valence-electron chi connectivity index (χ2n) is 7.97. The molecule has 1 fully saturated rings. The quantitative estimate of drug-likeness (QED) is 0.342. The molecule has 1 amide bonds. The minimum absolute atomic E-state index is 0.0715. The van der Waals surface area contributed by atoms with Crippen molar-refractivity contribution in [2.45, 2.75) is 26.8 Å². The molecule has 1 saturated heterocycles. The number of aliphatic hydroxyl groups is 1. The van der Waals surface area contributed by atoms with Crippen LogP contribution in [0.5, 0.6) is 11.5 Å². The van der Waals surface area contributed by atoms with E-state index in [1.54, 1.807) is 43.3 Å². The number of hydrogen-bond acceptors (Lipinski definition) is 6. The average Bonchev–Trinajstić information content (AvgIpc) is 3.34. The van der Waals surface area contributed by atoms with Gasteiger partial charge in [0.1, 0.15) is 34.8 Å². The minimum atomic E-state index is -0.938. The van der Waals surface area contributed by atoms with E-state index < -0.39 is 17.7 Å². The number of nitrogens with zero attached hydrogens (tertiary/aromatic N) is 1. The SMILES string of the molecule is COc1ccc(/C(O)=C2/C(=O)C(=O)N(c3ccc(C)cc3C)C2c2ccc(C)o2)c(OC)c1. The molecule has 7 heteroatoms. The first-order valence-corrected chi connectivity index (χ1v) is 10.4. The summed E-state index contributed by atoms with van der Waals surface area (Å²) in [6.07, 6.45) is 0. The number of furan rings is 1. The summed E-state index contributed by atoms with van der Waals surface area (Å²) in [5, 5.41) is 11.3. The molecule has 0 spiro atoms. The van der Waals surface area contributed by atoms with E-state index in [9.17, 15) is 14.7 Å². The predicted molar refractivity (Wildman–Crippen MR) is 124 cm³/mol. The molecule has 4 rings (SSSR count). The van der Waals surface area contributed by atoms with Crippen LogP contribution in [0.3, 0.4) is 0 Å². The Bertz CT molecular complexity index is 1290. The number of carbonyl (C=O) groups excluding carboxylic acids is 2. The van der Waals surface area contributed by atoms with Crippen LogP contribution in [0.15, 0.2) is 58.5 Å². The monoisotopic (exact) mass is 447 g/mol. The Hall–Kier alpha value is -4.00. The summed E-state index contributed by atoms with van der Waals surface area (Å²) in [7, 11) is 2.97. The molecule has 0 radical (unpaired) electrons. The molecule has 0 saturated carbocycles. The first-order chi connectivity index (χ1) is 15.8. The van der Waals surface area contributed by atoms with E-state index in [2.05, 4.69) is 0 Å². The van der Waals surface area contributed by atoms with Crippen LogP contribution >= 0.6 is 0 Å². The van der Waals surface area contributed by atoms with Crippen LogP contribution in [0, 0.1) is 20.8 Å². The molecule has 2 aromatic carbocycles. The van der Waals surface area contributed by atoms with E-state index in [0.717, 1.165) is 11.1 Å². The maximum absolute atomic E-state index is 13.3. The number of Topliss-reactive ketones (excluding diaryl/α,β-unsaturated/α-hetero) is 1. The van der Waals surface area contributed by atoms with E-state index >= 15 is 0 Å². The third kappa shape index (κ3) is 3.75. The first kappa shape index (κ1) is 22.2. The molecule has 7 nitrogen and oxygen atoms in total. The molecule has 1 aliphatic heterocycles. The van der Waals surface area contributed by atoms with Gasteiger partial charge in [0.15, 0.2) is 0 Å². The number of hydrogen-bond donors (Lipinski definition) is 1. The molecule has 1 atom stereocenters. The lowest BCUT2D eigenvalue weighted by atomic mass is 9.98. The largest absolute Gasteiger partial charge is 0.507 e. The van der Waals surface area contributed by atoms with Crippen molar-refractivity contribution in [3.63, 3.8) is 0 Å². The minimum Gasteiger partial charge on any atom is -0.507 e. The molecule has 1 N–H and O–H groups in total. The summed E-state index contributed by atoms with van der Waals surface area (Å²) in [6.45, 7) is 5.60. The zero-order valence-electron chi connectivity index (χ0n) is 19.1. The molecule has 3 aromatic rings. The van der Waals surface area contributed by atoms with Gasteiger partial charge < -0.3 is 19.0 Å². The second kappa shape index (κ2) is 8.50. The Labute approximate surface area is 191 Å². The number of ketones is 1. The molecule has 2 heterocycles. The highest BCUT2D eigenvalue weighted by Gasteiger charge is 2.49. The molecular formula is C26H25NO6. The number of carbonyl (C=O) groups is 2. The zero-order chi connectivity index (χ0) is 23.9. The Morgan fingerprint density at radius 2 is 1.73 bits per heavy atom. The predicted octanol–water partition coefficient (Wildman–Crippen LogP) is 4.85. The van der Waals surface area contributed by atoms with Crippen molar-refractivity contribution in [1.29, 1.82) is 0 Å². The van der Waals surface area contributed by atoms with Crippen LogP contribution in [0.4, 0.5) is 5.69 Å². The highest BCUT2D eigenvalue weighted by atomic mass is 16.5. The maximum atomic E-state index is 13.3. The number of benzene rings is 2. The molecule has 33 heavy (non-hydrogen) atoms. The van der Waals surface area contributed by atoms with Crippen LogP contribution in [-0.4, -0.2) is 31.0 Å². The fourth-order valence-electron chi connectivity index (χ4n) is 4.17. The molecule has 170 valence electrons. The van der Waals surface area contributed by atoms with Gasteiger partial charge in [0, 0.05) is 11.8 Å². The van der Waals surface area contributed by atoms with E-state index in [1.165, 1.54) is 19.1 Å². The highest BCUT2D eigenvalue weighted by Crippen LogP contribution is 2.44. The number of aliphatic hydroxyl groups excluding tert-OH is 1. The Balaban J connectivity index is 1.97. The first-order valence-electron chi connectivity index (χ1n) is 10.4. The highest BCUT2D eigenvalue weighted by molar-refractivity contribution is 6.51. The lowest BCUT2D eigenvalue weighted by Gasteiger charge is -2.25. The normalized spacial score (nSPS) is 17.5. The van der Waals surface area contributed by atoms with Gasteiger partial charge in [-0.15, -0.1) is 0 Å². The van der Waals surface area contributed by atoms with Crippen molar-refractivity contribution in [3.8, 4) is 11.5 Å². The van der Waals surface area contributed by atoms with Gasteiger partial charge in [-0.25, -0.2) is 0 Å². The van der Waals surface area contributed by atoms with Gasteiger partial charge >= 0.3 is 0 Å². The van der Waals surface area contributed by atoms with Gasteiger partial charge in [-0.1, -0.05) is 17.7 Å². The van der Waals surface area contributed by atoms with Crippen molar-refractivity contribution >= 4 is 23.1 Å².